The van der Waals surface area contributed by atoms with Crippen LogP contribution in [0.4, 0.5) is 5.13 Å². The molecule has 0 atom stereocenters. The second-order valence-corrected chi connectivity index (χ2v) is 10.8. The van der Waals surface area contributed by atoms with Crippen molar-refractivity contribution in [2.45, 2.75) is 18.4 Å². The van der Waals surface area contributed by atoms with Crippen molar-refractivity contribution in [1.29, 1.82) is 0 Å². The molecule has 0 N–H and O–H groups in total. The lowest BCUT2D eigenvalue weighted by Gasteiger charge is -2.20. The zero-order valence-corrected chi connectivity index (χ0v) is 20.4. The maximum atomic E-state index is 13.4. The predicted molar refractivity (Wildman–Crippen MR) is 132 cm³/mol. The van der Waals surface area contributed by atoms with Gasteiger partial charge in [0.15, 0.2) is 15.0 Å². The molecule has 1 amide bonds. The third-order valence-electron chi connectivity index (χ3n) is 5.13. The molecule has 0 saturated carbocycles. The minimum absolute atomic E-state index is 0.0551. The molecule has 6 nitrogen and oxygen atoms in total. The van der Waals surface area contributed by atoms with Crippen molar-refractivity contribution in [3.63, 3.8) is 0 Å². The second kappa shape index (κ2) is 9.51. The van der Waals surface area contributed by atoms with Gasteiger partial charge in [-0.1, -0.05) is 59.3 Å². The predicted octanol–water partition coefficient (Wildman–Crippen LogP) is 5.27. The number of hydrogen-bond acceptors (Lipinski definition) is 6. The molecule has 0 aliphatic carbocycles. The van der Waals surface area contributed by atoms with Crippen molar-refractivity contribution in [1.82, 2.24) is 4.98 Å². The Kier molecular flexibility index (Phi) is 6.69. The molecule has 0 aliphatic heterocycles. The Morgan fingerprint density at radius 1 is 1.06 bits per heavy atom. The molecular weight excluding hydrogens is 480 g/mol. The molecule has 4 rings (SSSR count). The number of sulfone groups is 1. The van der Waals surface area contributed by atoms with Gasteiger partial charge in [0.25, 0.3) is 0 Å². The molecule has 170 valence electrons. The van der Waals surface area contributed by atoms with Gasteiger partial charge in [0.1, 0.15) is 11.5 Å². The normalized spacial score (nSPS) is 11.5. The van der Waals surface area contributed by atoms with Crippen LogP contribution in [0.5, 0.6) is 5.75 Å². The number of fused-ring (bicyclic) bond motifs is 1. The first kappa shape index (κ1) is 23.2. The summed E-state index contributed by atoms with van der Waals surface area (Å²) < 4.78 is 31.8. The number of ether oxygens (including phenoxy) is 1. The van der Waals surface area contributed by atoms with Gasteiger partial charge in [-0.15, -0.1) is 0 Å². The third kappa shape index (κ3) is 5.03. The number of benzene rings is 3. The van der Waals surface area contributed by atoms with E-state index in [1.807, 2.05) is 43.3 Å². The SMILES string of the molecule is COc1ccc(S(=O)(=O)CC(=O)N(Cc2ccccc2)c2nc3c(C)ccc(Cl)c3s2)cc1. The van der Waals surface area contributed by atoms with E-state index in [4.69, 9.17) is 16.3 Å². The number of thiazole rings is 1. The Bertz CT molecular complexity index is 1360. The van der Waals surface area contributed by atoms with Crippen LogP contribution in [0.2, 0.25) is 5.02 Å². The van der Waals surface area contributed by atoms with Gasteiger partial charge in [-0.2, -0.15) is 0 Å². The number of carbonyl (C=O) groups is 1. The van der Waals surface area contributed by atoms with E-state index in [0.29, 0.717) is 21.4 Å². The number of amides is 1. The lowest BCUT2D eigenvalue weighted by Crippen LogP contribution is -2.35. The number of methoxy groups -OCH3 is 1. The van der Waals surface area contributed by atoms with E-state index in [1.165, 1.54) is 35.5 Å². The Morgan fingerprint density at radius 2 is 1.76 bits per heavy atom. The van der Waals surface area contributed by atoms with Crippen LogP contribution in [0.15, 0.2) is 71.6 Å². The number of aromatic nitrogens is 1. The maximum absolute atomic E-state index is 13.4. The third-order valence-corrected chi connectivity index (χ3v) is 8.29. The fourth-order valence-electron chi connectivity index (χ4n) is 3.34. The molecule has 0 unspecified atom stereocenters. The minimum Gasteiger partial charge on any atom is -0.497 e. The van der Waals surface area contributed by atoms with Gasteiger partial charge in [0, 0.05) is 0 Å². The van der Waals surface area contributed by atoms with E-state index >= 15 is 0 Å². The van der Waals surface area contributed by atoms with Gasteiger partial charge in [-0.05, 0) is 48.4 Å². The van der Waals surface area contributed by atoms with Crippen LogP contribution in [-0.4, -0.2) is 32.2 Å². The van der Waals surface area contributed by atoms with Crippen molar-refractivity contribution in [3.8, 4) is 5.75 Å². The number of aryl methyl sites for hydroxylation is 1. The van der Waals surface area contributed by atoms with Gasteiger partial charge >= 0.3 is 0 Å². The number of hydrogen-bond donors (Lipinski definition) is 0. The highest BCUT2D eigenvalue weighted by Crippen LogP contribution is 2.36. The van der Waals surface area contributed by atoms with E-state index in [1.54, 1.807) is 18.2 Å². The number of anilines is 1. The topological polar surface area (TPSA) is 76.6 Å². The van der Waals surface area contributed by atoms with Gasteiger partial charge in [-0.3, -0.25) is 9.69 Å². The Hall–Kier alpha value is -2.94. The van der Waals surface area contributed by atoms with Crippen LogP contribution in [-0.2, 0) is 21.2 Å². The summed E-state index contributed by atoms with van der Waals surface area (Å²) in [5, 5.41) is 0.942. The molecule has 3 aromatic carbocycles. The zero-order valence-electron chi connectivity index (χ0n) is 18.0. The molecule has 33 heavy (non-hydrogen) atoms. The standard InChI is InChI=1S/C24H21ClN2O4S2/c1-16-8-13-20(25)23-22(16)26-24(32-23)27(14-17-6-4-3-5-7-17)21(28)15-33(29,30)19-11-9-18(31-2)10-12-19/h3-13H,14-15H2,1-2H3. The summed E-state index contributed by atoms with van der Waals surface area (Å²) in [5.41, 5.74) is 2.48. The quantitative estimate of drug-likeness (QED) is 0.345. The highest BCUT2D eigenvalue weighted by molar-refractivity contribution is 7.92. The highest BCUT2D eigenvalue weighted by Gasteiger charge is 2.27. The molecule has 0 spiro atoms. The average molecular weight is 501 g/mol. The van der Waals surface area contributed by atoms with Crippen LogP contribution in [0.1, 0.15) is 11.1 Å². The van der Waals surface area contributed by atoms with E-state index in [-0.39, 0.29) is 11.4 Å². The summed E-state index contributed by atoms with van der Waals surface area (Å²) in [6, 6.07) is 19.0. The number of halogens is 1. The Labute approximate surface area is 201 Å². The molecule has 1 aromatic heterocycles. The van der Waals surface area contributed by atoms with E-state index in [0.717, 1.165) is 15.8 Å². The second-order valence-electron chi connectivity index (χ2n) is 7.44. The molecule has 0 radical (unpaired) electrons. The van der Waals surface area contributed by atoms with Gasteiger partial charge < -0.3 is 4.74 Å². The average Bonchev–Trinajstić information content (AvgIpc) is 3.27. The van der Waals surface area contributed by atoms with Crippen molar-refractivity contribution in [2.24, 2.45) is 0 Å². The Balaban J connectivity index is 1.71. The van der Waals surface area contributed by atoms with Crippen LogP contribution in [0.25, 0.3) is 10.2 Å². The summed E-state index contributed by atoms with van der Waals surface area (Å²) in [7, 11) is -2.37. The molecular formula is C24H21ClN2O4S2. The van der Waals surface area contributed by atoms with E-state index < -0.39 is 21.5 Å². The molecule has 0 saturated heterocycles. The number of nitrogens with zero attached hydrogens (tertiary/aromatic N) is 2. The van der Waals surface area contributed by atoms with Crippen LogP contribution < -0.4 is 9.64 Å². The minimum atomic E-state index is -3.87. The zero-order chi connectivity index (χ0) is 23.6. The van der Waals surface area contributed by atoms with Gasteiger partial charge in [0.2, 0.25) is 5.91 Å². The molecule has 1 heterocycles. The van der Waals surface area contributed by atoms with Crippen molar-refractivity contribution in [2.75, 3.05) is 17.8 Å². The van der Waals surface area contributed by atoms with Gasteiger partial charge in [-0.25, -0.2) is 13.4 Å². The summed E-state index contributed by atoms with van der Waals surface area (Å²) >= 11 is 7.63. The first-order valence-corrected chi connectivity index (χ1v) is 12.9. The molecule has 4 aromatic rings. The summed E-state index contributed by atoms with van der Waals surface area (Å²) in [6.07, 6.45) is 0. The van der Waals surface area contributed by atoms with Crippen LogP contribution in [0.3, 0.4) is 0 Å². The monoisotopic (exact) mass is 500 g/mol. The van der Waals surface area contributed by atoms with Gasteiger partial charge in [0.05, 0.1) is 33.8 Å². The number of rotatable bonds is 7. The smallest absolute Gasteiger partial charge is 0.244 e. The van der Waals surface area contributed by atoms with Crippen molar-refractivity contribution >= 4 is 54.0 Å². The number of carbonyl (C=O) groups excluding carboxylic acids is 1. The molecule has 0 fully saturated rings. The van der Waals surface area contributed by atoms with Crippen LogP contribution in [0, 0.1) is 6.92 Å². The lowest BCUT2D eigenvalue weighted by atomic mass is 10.2. The molecule has 0 bridgehead atoms. The fourth-order valence-corrected chi connectivity index (χ4v) is 5.87. The van der Waals surface area contributed by atoms with E-state index in [9.17, 15) is 13.2 Å². The first-order chi connectivity index (χ1) is 15.8. The van der Waals surface area contributed by atoms with Crippen LogP contribution >= 0.6 is 22.9 Å². The van der Waals surface area contributed by atoms with Crippen molar-refractivity contribution in [3.05, 3.63) is 82.9 Å². The Morgan fingerprint density at radius 3 is 2.39 bits per heavy atom. The maximum Gasteiger partial charge on any atom is 0.244 e. The lowest BCUT2D eigenvalue weighted by molar-refractivity contribution is -0.116. The molecule has 0 aliphatic rings. The summed E-state index contributed by atoms with van der Waals surface area (Å²) in [6.45, 7) is 2.11. The highest BCUT2D eigenvalue weighted by atomic mass is 35.5. The first-order valence-electron chi connectivity index (χ1n) is 10.1. The summed E-state index contributed by atoms with van der Waals surface area (Å²) in [5.74, 6) is -0.718. The van der Waals surface area contributed by atoms with Crippen molar-refractivity contribution < 1.29 is 17.9 Å². The van der Waals surface area contributed by atoms with E-state index in [2.05, 4.69) is 4.98 Å². The largest absolute Gasteiger partial charge is 0.497 e. The molecule has 9 heteroatoms. The fraction of sp³-hybridized carbons (Fsp3) is 0.167. The summed E-state index contributed by atoms with van der Waals surface area (Å²) in [4.78, 5) is 19.5.